The summed E-state index contributed by atoms with van der Waals surface area (Å²) in [6, 6.07) is 5.33. The van der Waals surface area contributed by atoms with E-state index in [0.29, 0.717) is 5.75 Å². The van der Waals surface area contributed by atoms with Crippen LogP contribution in [-0.4, -0.2) is 36.6 Å². The summed E-state index contributed by atoms with van der Waals surface area (Å²) in [7, 11) is 1.24. The lowest BCUT2D eigenvalue weighted by Gasteiger charge is -2.11. The Bertz CT molecular complexity index is 669. The maximum absolute atomic E-state index is 11.7. The van der Waals surface area contributed by atoms with Gasteiger partial charge in [0, 0.05) is 10.9 Å². The third-order valence-electron chi connectivity index (χ3n) is 2.85. The number of esters is 1. The van der Waals surface area contributed by atoms with Gasteiger partial charge in [-0.05, 0) is 42.9 Å². The first-order chi connectivity index (χ1) is 11.8. The van der Waals surface area contributed by atoms with E-state index in [1.54, 1.807) is 12.1 Å². The number of benzene rings is 1. The first kappa shape index (κ1) is 20.8. The van der Waals surface area contributed by atoms with Crippen LogP contribution in [0.1, 0.15) is 18.4 Å². The predicted octanol–water partition coefficient (Wildman–Crippen LogP) is 1.11. The number of halogens is 1. The molecule has 0 saturated heterocycles. The number of hydrogen-bond acceptors (Lipinski definition) is 6. The monoisotopic (exact) mass is 431 g/mol. The van der Waals surface area contributed by atoms with E-state index in [2.05, 4.69) is 36.8 Å². The van der Waals surface area contributed by atoms with Crippen molar-refractivity contribution in [1.29, 1.82) is 0 Å². The largest absolute Gasteiger partial charge is 0.484 e. The molecule has 0 fully saturated rings. The Balaban J connectivity index is 2.26. The molecule has 2 amide bonds. The minimum atomic E-state index is -0.498. The summed E-state index contributed by atoms with van der Waals surface area (Å²) in [6.45, 7) is 1.67. The second-order valence-corrected chi connectivity index (χ2v) is 6.09. The molecule has 0 aliphatic rings. The number of carbonyl (C=O) groups is 3. The highest BCUT2D eigenvalue weighted by molar-refractivity contribution is 9.10. The van der Waals surface area contributed by atoms with Crippen LogP contribution in [-0.2, 0) is 19.1 Å². The summed E-state index contributed by atoms with van der Waals surface area (Å²) in [6.07, 6.45) is -0.133. The number of rotatable bonds is 6. The Labute approximate surface area is 158 Å². The van der Waals surface area contributed by atoms with Crippen molar-refractivity contribution in [2.75, 3.05) is 13.7 Å². The lowest BCUT2D eigenvalue weighted by atomic mass is 10.2. The Kier molecular flexibility index (Phi) is 8.86. The van der Waals surface area contributed by atoms with Crippen LogP contribution in [0.4, 0.5) is 0 Å². The number of thiocarbonyl (C=S) groups is 1. The third kappa shape index (κ3) is 8.45. The zero-order valence-corrected chi connectivity index (χ0v) is 16.1. The summed E-state index contributed by atoms with van der Waals surface area (Å²) < 4.78 is 10.7. The standard InChI is InChI=1S/C15H18BrN3O5S/c1-9-7-10(3-4-11(9)16)24-8-13(21)18-19-15(25)17-12(20)5-6-14(22)23-2/h3-4,7H,5-6,8H2,1-2H3,(H,18,21)(H2,17,19,20,25). The molecular weight excluding hydrogens is 414 g/mol. The minimum absolute atomic E-state index is 0.0578. The number of aryl methyl sites for hydroxylation is 1. The Hall–Kier alpha value is -2.20. The van der Waals surface area contributed by atoms with E-state index < -0.39 is 17.8 Å². The molecule has 0 radical (unpaired) electrons. The first-order valence-electron chi connectivity index (χ1n) is 7.16. The number of nitrogens with one attached hydrogen (secondary N) is 3. The number of hydrazine groups is 1. The average molecular weight is 432 g/mol. The molecule has 0 bridgehead atoms. The molecule has 0 aromatic heterocycles. The summed E-state index contributed by atoms with van der Waals surface area (Å²) in [5.41, 5.74) is 5.64. The highest BCUT2D eigenvalue weighted by atomic mass is 79.9. The quantitative estimate of drug-likeness (QED) is 0.351. The van der Waals surface area contributed by atoms with Gasteiger partial charge in [0.1, 0.15) is 5.75 Å². The molecule has 0 atom stereocenters. The maximum atomic E-state index is 11.7. The second kappa shape index (κ2) is 10.6. The lowest BCUT2D eigenvalue weighted by Crippen LogP contribution is -2.49. The maximum Gasteiger partial charge on any atom is 0.306 e. The van der Waals surface area contributed by atoms with Crippen LogP contribution in [0.15, 0.2) is 22.7 Å². The Morgan fingerprint density at radius 2 is 1.88 bits per heavy atom. The van der Waals surface area contributed by atoms with Crippen molar-refractivity contribution in [3.63, 3.8) is 0 Å². The fourth-order valence-corrected chi connectivity index (χ4v) is 1.97. The van der Waals surface area contributed by atoms with Gasteiger partial charge in [0.25, 0.3) is 5.91 Å². The van der Waals surface area contributed by atoms with Crippen molar-refractivity contribution in [3.05, 3.63) is 28.2 Å². The van der Waals surface area contributed by atoms with Gasteiger partial charge >= 0.3 is 5.97 Å². The van der Waals surface area contributed by atoms with E-state index in [-0.39, 0.29) is 24.6 Å². The molecule has 3 N–H and O–H groups in total. The fraction of sp³-hybridized carbons (Fsp3) is 0.333. The molecule has 0 spiro atoms. The van der Waals surface area contributed by atoms with Crippen LogP contribution in [0, 0.1) is 6.92 Å². The number of ether oxygens (including phenoxy) is 2. The summed E-state index contributed by atoms with van der Waals surface area (Å²) >= 11 is 8.22. The molecule has 0 aliphatic carbocycles. The highest BCUT2D eigenvalue weighted by Gasteiger charge is 2.09. The zero-order chi connectivity index (χ0) is 18.8. The van der Waals surface area contributed by atoms with Gasteiger partial charge in [-0.1, -0.05) is 15.9 Å². The van der Waals surface area contributed by atoms with Gasteiger partial charge in [-0.15, -0.1) is 0 Å². The molecule has 25 heavy (non-hydrogen) atoms. The van der Waals surface area contributed by atoms with E-state index >= 15 is 0 Å². The number of methoxy groups -OCH3 is 1. The molecule has 0 unspecified atom stereocenters. The molecule has 0 aliphatic heterocycles. The second-order valence-electron chi connectivity index (χ2n) is 4.83. The molecule has 10 heteroatoms. The molecular formula is C15H18BrN3O5S. The van der Waals surface area contributed by atoms with Crippen LogP contribution in [0.2, 0.25) is 0 Å². The van der Waals surface area contributed by atoms with Gasteiger partial charge in [-0.25, -0.2) is 0 Å². The summed E-state index contributed by atoms with van der Waals surface area (Å²) in [5.74, 6) is -0.900. The minimum Gasteiger partial charge on any atom is -0.484 e. The normalized spacial score (nSPS) is 9.72. The molecule has 1 aromatic carbocycles. The van der Waals surface area contributed by atoms with E-state index in [9.17, 15) is 14.4 Å². The Morgan fingerprint density at radius 3 is 2.52 bits per heavy atom. The van der Waals surface area contributed by atoms with Crippen molar-refractivity contribution < 1.29 is 23.9 Å². The average Bonchev–Trinajstić information content (AvgIpc) is 2.58. The summed E-state index contributed by atoms with van der Waals surface area (Å²) in [5, 5.41) is 2.22. The molecule has 1 aromatic rings. The SMILES string of the molecule is COC(=O)CCC(=O)NC(=S)NNC(=O)COc1ccc(Br)c(C)c1. The van der Waals surface area contributed by atoms with Crippen molar-refractivity contribution in [2.45, 2.75) is 19.8 Å². The number of carbonyl (C=O) groups excluding carboxylic acids is 3. The van der Waals surface area contributed by atoms with Crippen molar-refractivity contribution in [1.82, 2.24) is 16.2 Å². The topological polar surface area (TPSA) is 106 Å². The molecule has 1 rings (SSSR count). The van der Waals surface area contributed by atoms with E-state index in [1.165, 1.54) is 7.11 Å². The first-order valence-corrected chi connectivity index (χ1v) is 8.36. The van der Waals surface area contributed by atoms with Crippen LogP contribution in [0.3, 0.4) is 0 Å². The van der Waals surface area contributed by atoms with Crippen LogP contribution >= 0.6 is 28.1 Å². The molecule has 0 heterocycles. The number of hydrogen-bond donors (Lipinski definition) is 3. The molecule has 8 nitrogen and oxygen atoms in total. The van der Waals surface area contributed by atoms with Crippen LogP contribution in [0.25, 0.3) is 0 Å². The Morgan fingerprint density at radius 1 is 1.16 bits per heavy atom. The van der Waals surface area contributed by atoms with E-state index in [0.717, 1.165) is 10.0 Å². The number of amides is 2. The van der Waals surface area contributed by atoms with E-state index in [1.807, 2.05) is 13.0 Å². The third-order valence-corrected chi connectivity index (χ3v) is 3.95. The van der Waals surface area contributed by atoms with Gasteiger partial charge in [0.2, 0.25) is 5.91 Å². The van der Waals surface area contributed by atoms with Gasteiger partial charge in [-0.2, -0.15) is 0 Å². The molecule has 0 saturated carbocycles. The molecule has 136 valence electrons. The van der Waals surface area contributed by atoms with Crippen molar-refractivity contribution in [2.24, 2.45) is 0 Å². The predicted molar refractivity (Wildman–Crippen MR) is 97.6 cm³/mol. The van der Waals surface area contributed by atoms with Crippen LogP contribution < -0.4 is 20.9 Å². The lowest BCUT2D eigenvalue weighted by molar-refractivity contribution is -0.142. The van der Waals surface area contributed by atoms with Crippen LogP contribution in [0.5, 0.6) is 5.75 Å². The van der Waals surface area contributed by atoms with Crippen molar-refractivity contribution in [3.8, 4) is 5.75 Å². The fourth-order valence-electron chi connectivity index (χ4n) is 1.56. The van der Waals surface area contributed by atoms with Gasteiger partial charge in [0.05, 0.1) is 13.5 Å². The highest BCUT2D eigenvalue weighted by Crippen LogP contribution is 2.21. The summed E-state index contributed by atoms with van der Waals surface area (Å²) in [4.78, 5) is 34.1. The van der Waals surface area contributed by atoms with Gasteiger partial charge in [-0.3, -0.25) is 25.2 Å². The smallest absolute Gasteiger partial charge is 0.306 e. The van der Waals surface area contributed by atoms with E-state index in [4.69, 9.17) is 17.0 Å². The zero-order valence-electron chi connectivity index (χ0n) is 13.7. The van der Waals surface area contributed by atoms with Crippen molar-refractivity contribution >= 4 is 51.0 Å². The van der Waals surface area contributed by atoms with Gasteiger partial charge in [0.15, 0.2) is 11.7 Å². The van der Waals surface area contributed by atoms with Gasteiger partial charge < -0.3 is 14.8 Å².